The number of aryl methyl sites for hydroxylation is 2. The molecule has 2 heteroatoms. The maximum Gasteiger partial charge on any atom is 0.192 e. The lowest BCUT2D eigenvalue weighted by molar-refractivity contribution is 0.948. The molecule has 0 aliphatic heterocycles. The zero-order valence-corrected chi connectivity index (χ0v) is 12.0. The number of pyridine rings is 1. The number of fused-ring (bicyclic) bond motifs is 1. The molecular formula is C18H17NO. The van der Waals surface area contributed by atoms with Crippen molar-refractivity contribution < 1.29 is 0 Å². The van der Waals surface area contributed by atoms with E-state index >= 15 is 0 Å². The first-order valence-corrected chi connectivity index (χ1v) is 6.75. The van der Waals surface area contributed by atoms with E-state index in [1.165, 1.54) is 5.56 Å². The van der Waals surface area contributed by atoms with Crippen LogP contribution in [0.4, 0.5) is 0 Å². The van der Waals surface area contributed by atoms with Crippen molar-refractivity contribution >= 4 is 10.9 Å². The van der Waals surface area contributed by atoms with Gasteiger partial charge in [-0.05, 0) is 31.5 Å². The number of nitrogens with zero attached hydrogens (tertiary/aromatic N) is 1. The van der Waals surface area contributed by atoms with Crippen molar-refractivity contribution in [2.45, 2.75) is 13.8 Å². The van der Waals surface area contributed by atoms with Crippen LogP contribution >= 0.6 is 0 Å². The van der Waals surface area contributed by atoms with Gasteiger partial charge in [0, 0.05) is 23.6 Å². The Hall–Kier alpha value is -2.35. The summed E-state index contributed by atoms with van der Waals surface area (Å²) >= 11 is 0. The third-order valence-electron chi connectivity index (χ3n) is 3.94. The SMILES string of the molecule is Cc1ccccc1-c1c(C)c(=O)c2ccccc2n1C. The molecule has 2 aromatic carbocycles. The number of hydrogen-bond donors (Lipinski definition) is 0. The smallest absolute Gasteiger partial charge is 0.192 e. The molecular weight excluding hydrogens is 246 g/mol. The molecule has 1 heterocycles. The van der Waals surface area contributed by atoms with Crippen molar-refractivity contribution in [3.63, 3.8) is 0 Å². The van der Waals surface area contributed by atoms with E-state index in [9.17, 15) is 4.79 Å². The number of benzene rings is 2. The minimum Gasteiger partial charge on any atom is -0.343 e. The van der Waals surface area contributed by atoms with Crippen LogP contribution in [0.2, 0.25) is 0 Å². The van der Waals surface area contributed by atoms with Crippen molar-refractivity contribution in [1.29, 1.82) is 0 Å². The Bertz CT molecular complexity index is 859. The van der Waals surface area contributed by atoms with Gasteiger partial charge in [-0.3, -0.25) is 4.79 Å². The number of aromatic nitrogens is 1. The van der Waals surface area contributed by atoms with E-state index in [0.29, 0.717) is 0 Å². The highest BCUT2D eigenvalue weighted by Crippen LogP contribution is 2.27. The largest absolute Gasteiger partial charge is 0.343 e. The Balaban J connectivity index is 2.49. The molecule has 0 saturated heterocycles. The van der Waals surface area contributed by atoms with Crippen LogP contribution in [-0.2, 0) is 7.05 Å². The second kappa shape index (κ2) is 4.64. The van der Waals surface area contributed by atoms with E-state index in [1.54, 1.807) is 0 Å². The van der Waals surface area contributed by atoms with Crippen LogP contribution in [0.3, 0.4) is 0 Å². The fourth-order valence-corrected chi connectivity index (χ4v) is 2.86. The van der Waals surface area contributed by atoms with Gasteiger partial charge in [0.2, 0.25) is 0 Å². The van der Waals surface area contributed by atoms with E-state index in [2.05, 4.69) is 23.6 Å². The van der Waals surface area contributed by atoms with E-state index in [0.717, 1.165) is 27.7 Å². The van der Waals surface area contributed by atoms with Crippen molar-refractivity contribution in [1.82, 2.24) is 4.57 Å². The zero-order valence-electron chi connectivity index (χ0n) is 12.0. The first-order valence-electron chi connectivity index (χ1n) is 6.75. The molecule has 3 aromatic rings. The molecule has 0 radical (unpaired) electrons. The molecule has 0 spiro atoms. The maximum absolute atomic E-state index is 12.6. The third kappa shape index (κ3) is 1.76. The molecule has 0 amide bonds. The summed E-state index contributed by atoms with van der Waals surface area (Å²) in [7, 11) is 2.02. The minimum atomic E-state index is 0.122. The van der Waals surface area contributed by atoms with Crippen LogP contribution in [0.15, 0.2) is 53.3 Å². The van der Waals surface area contributed by atoms with Gasteiger partial charge >= 0.3 is 0 Å². The predicted octanol–water partition coefficient (Wildman–Crippen LogP) is 3.82. The van der Waals surface area contributed by atoms with Crippen LogP contribution in [0.5, 0.6) is 0 Å². The summed E-state index contributed by atoms with van der Waals surface area (Å²) in [6.07, 6.45) is 0. The molecule has 0 N–H and O–H groups in total. The molecule has 100 valence electrons. The van der Waals surface area contributed by atoms with Gasteiger partial charge in [-0.2, -0.15) is 0 Å². The fourth-order valence-electron chi connectivity index (χ4n) is 2.86. The van der Waals surface area contributed by atoms with E-state index in [-0.39, 0.29) is 5.43 Å². The highest BCUT2D eigenvalue weighted by atomic mass is 16.1. The van der Waals surface area contributed by atoms with Crippen molar-refractivity contribution in [3.8, 4) is 11.3 Å². The summed E-state index contributed by atoms with van der Waals surface area (Å²) in [4.78, 5) is 12.6. The lowest BCUT2D eigenvalue weighted by Crippen LogP contribution is -2.14. The Morgan fingerprint density at radius 3 is 2.30 bits per heavy atom. The quantitative estimate of drug-likeness (QED) is 0.654. The van der Waals surface area contributed by atoms with Crippen LogP contribution in [-0.4, -0.2) is 4.57 Å². The standard InChI is InChI=1S/C18H17NO/c1-12-8-4-5-9-14(12)17-13(2)18(20)15-10-6-7-11-16(15)19(17)3/h4-11H,1-3H3. The van der Waals surface area contributed by atoms with Gasteiger partial charge in [0.1, 0.15) is 0 Å². The minimum absolute atomic E-state index is 0.122. The lowest BCUT2D eigenvalue weighted by atomic mass is 9.99. The van der Waals surface area contributed by atoms with Crippen LogP contribution < -0.4 is 5.43 Å². The second-order valence-corrected chi connectivity index (χ2v) is 5.19. The molecule has 20 heavy (non-hydrogen) atoms. The van der Waals surface area contributed by atoms with Crippen LogP contribution in [0.1, 0.15) is 11.1 Å². The maximum atomic E-state index is 12.6. The molecule has 0 unspecified atom stereocenters. The average Bonchev–Trinajstić information content (AvgIpc) is 2.47. The van der Waals surface area contributed by atoms with Gasteiger partial charge in [-0.25, -0.2) is 0 Å². The molecule has 2 nitrogen and oxygen atoms in total. The molecule has 0 aliphatic carbocycles. The fraction of sp³-hybridized carbons (Fsp3) is 0.167. The monoisotopic (exact) mass is 263 g/mol. The molecule has 3 rings (SSSR count). The van der Waals surface area contributed by atoms with Crippen molar-refractivity contribution in [2.24, 2.45) is 7.05 Å². The topological polar surface area (TPSA) is 22.0 Å². The highest BCUT2D eigenvalue weighted by molar-refractivity contribution is 5.84. The van der Waals surface area contributed by atoms with Gasteiger partial charge in [0.25, 0.3) is 0 Å². The zero-order chi connectivity index (χ0) is 14.3. The van der Waals surface area contributed by atoms with Gasteiger partial charge in [0.05, 0.1) is 11.2 Å². The lowest BCUT2D eigenvalue weighted by Gasteiger charge is -2.17. The Labute approximate surface area is 118 Å². The summed E-state index contributed by atoms with van der Waals surface area (Å²) in [6, 6.07) is 16.0. The number of para-hydroxylation sites is 1. The Morgan fingerprint density at radius 2 is 1.55 bits per heavy atom. The summed E-state index contributed by atoms with van der Waals surface area (Å²) < 4.78 is 2.12. The predicted molar refractivity (Wildman–Crippen MR) is 84.1 cm³/mol. The summed E-state index contributed by atoms with van der Waals surface area (Å²) in [5.74, 6) is 0. The van der Waals surface area contributed by atoms with Gasteiger partial charge in [0.15, 0.2) is 5.43 Å². The summed E-state index contributed by atoms with van der Waals surface area (Å²) in [6.45, 7) is 3.99. The van der Waals surface area contributed by atoms with E-state index in [1.807, 2.05) is 50.4 Å². The molecule has 0 bridgehead atoms. The molecule has 1 aromatic heterocycles. The molecule has 0 atom stereocenters. The van der Waals surface area contributed by atoms with Gasteiger partial charge in [-0.15, -0.1) is 0 Å². The number of rotatable bonds is 1. The summed E-state index contributed by atoms with van der Waals surface area (Å²) in [5, 5.41) is 0.782. The number of hydrogen-bond acceptors (Lipinski definition) is 1. The average molecular weight is 263 g/mol. The van der Waals surface area contributed by atoms with Crippen LogP contribution in [0.25, 0.3) is 22.2 Å². The molecule has 0 aliphatic rings. The Morgan fingerprint density at radius 1 is 0.900 bits per heavy atom. The second-order valence-electron chi connectivity index (χ2n) is 5.19. The molecule has 0 fully saturated rings. The van der Waals surface area contributed by atoms with Gasteiger partial charge in [-0.1, -0.05) is 36.4 Å². The van der Waals surface area contributed by atoms with Crippen molar-refractivity contribution in [3.05, 3.63) is 69.9 Å². The summed E-state index contributed by atoms with van der Waals surface area (Å²) in [5.41, 5.74) is 5.21. The first kappa shape index (κ1) is 12.7. The van der Waals surface area contributed by atoms with E-state index in [4.69, 9.17) is 0 Å². The van der Waals surface area contributed by atoms with Crippen molar-refractivity contribution in [2.75, 3.05) is 0 Å². The molecule has 0 saturated carbocycles. The normalized spacial score (nSPS) is 10.9. The highest BCUT2D eigenvalue weighted by Gasteiger charge is 2.14. The first-order chi connectivity index (χ1) is 9.61. The Kier molecular flexibility index (Phi) is 2.94. The van der Waals surface area contributed by atoms with E-state index < -0.39 is 0 Å². The van der Waals surface area contributed by atoms with Gasteiger partial charge < -0.3 is 4.57 Å². The van der Waals surface area contributed by atoms with Crippen LogP contribution in [0, 0.1) is 13.8 Å². The third-order valence-corrected chi connectivity index (χ3v) is 3.94.